The van der Waals surface area contributed by atoms with Crippen LogP contribution >= 0.6 is 0 Å². The molecule has 11 heteroatoms. The van der Waals surface area contributed by atoms with Crippen LogP contribution in [0, 0.1) is 11.7 Å². The summed E-state index contributed by atoms with van der Waals surface area (Å²) in [6.07, 6.45) is -2.31. The number of morpholine rings is 1. The fourth-order valence-electron chi connectivity index (χ4n) is 4.70. The number of Topliss-reactive ketones (excluding diaryl/α,β-unsaturated/α-hetero) is 1. The van der Waals surface area contributed by atoms with E-state index in [1.54, 1.807) is 4.90 Å². The first kappa shape index (κ1) is 19.8. The number of halogens is 4. The molecule has 0 N–H and O–H groups in total. The Labute approximate surface area is 169 Å². The quantitative estimate of drug-likeness (QED) is 0.680. The third kappa shape index (κ3) is 3.36. The molecule has 2 unspecified atom stereocenters. The van der Waals surface area contributed by atoms with Crippen molar-refractivity contribution >= 4 is 17.5 Å². The van der Waals surface area contributed by atoms with Gasteiger partial charge in [-0.3, -0.25) is 14.2 Å². The maximum absolute atomic E-state index is 14.9. The van der Waals surface area contributed by atoms with Crippen molar-refractivity contribution in [3.05, 3.63) is 16.2 Å². The van der Waals surface area contributed by atoms with Crippen molar-refractivity contribution in [2.75, 3.05) is 29.4 Å². The molecule has 0 amide bonds. The summed E-state index contributed by atoms with van der Waals surface area (Å²) in [7, 11) is 0. The molecule has 1 aliphatic carbocycles. The van der Waals surface area contributed by atoms with Gasteiger partial charge in [-0.2, -0.15) is 22.5 Å². The highest BCUT2D eigenvalue weighted by Crippen LogP contribution is 2.37. The van der Waals surface area contributed by atoms with Gasteiger partial charge < -0.3 is 14.5 Å². The summed E-state index contributed by atoms with van der Waals surface area (Å²) in [5.74, 6) is -2.15. The molecule has 2 bridgehead atoms. The average molecular weight is 430 g/mol. The van der Waals surface area contributed by atoms with E-state index in [9.17, 15) is 27.2 Å². The normalized spacial score (nSPS) is 28.6. The Morgan fingerprint density at radius 1 is 1.10 bits per heavy atom. The van der Waals surface area contributed by atoms with Gasteiger partial charge in [-0.1, -0.05) is 0 Å². The number of alkyl halides is 3. The molecule has 3 fully saturated rings. The van der Waals surface area contributed by atoms with Gasteiger partial charge in [-0.05, 0) is 32.1 Å². The zero-order valence-corrected chi connectivity index (χ0v) is 16.2. The zero-order valence-electron chi connectivity index (χ0n) is 16.2. The van der Waals surface area contributed by atoms with Gasteiger partial charge in [0.1, 0.15) is 6.04 Å². The Morgan fingerprint density at radius 2 is 1.77 bits per heavy atom. The molecule has 1 aromatic rings. The van der Waals surface area contributed by atoms with Crippen molar-refractivity contribution in [3.63, 3.8) is 0 Å². The number of fused-ring (bicyclic) bond motifs is 3. The Kier molecular flexibility index (Phi) is 4.57. The molecule has 164 valence electrons. The topological polar surface area (TPSA) is 67.7 Å². The third-order valence-electron chi connectivity index (χ3n) is 6.42. The molecule has 0 spiro atoms. The van der Waals surface area contributed by atoms with Crippen LogP contribution in [0.15, 0.2) is 4.79 Å². The van der Waals surface area contributed by atoms with Gasteiger partial charge in [0.15, 0.2) is 11.6 Å². The Balaban J connectivity index is 1.56. The van der Waals surface area contributed by atoms with Crippen LogP contribution in [0.4, 0.5) is 29.3 Å². The first-order chi connectivity index (χ1) is 14.2. The van der Waals surface area contributed by atoms with Crippen molar-refractivity contribution in [1.82, 2.24) is 9.55 Å². The molecule has 4 heterocycles. The predicted octanol–water partition coefficient (Wildman–Crippen LogP) is 1.87. The first-order valence-corrected chi connectivity index (χ1v) is 10.3. The fraction of sp³-hybridized carbons (Fsp3) is 0.737. The van der Waals surface area contributed by atoms with Gasteiger partial charge in [0.05, 0.1) is 18.8 Å². The average Bonchev–Trinajstić information content (AvgIpc) is 3.48. The van der Waals surface area contributed by atoms with Crippen LogP contribution < -0.4 is 15.4 Å². The summed E-state index contributed by atoms with van der Waals surface area (Å²) in [6, 6.07) is -1.94. The molecule has 3 aliphatic heterocycles. The number of aromatic nitrogens is 2. The summed E-state index contributed by atoms with van der Waals surface area (Å²) in [4.78, 5) is 31.7. The van der Waals surface area contributed by atoms with E-state index in [2.05, 4.69) is 4.98 Å². The lowest BCUT2D eigenvalue weighted by atomic mass is 10.1. The summed E-state index contributed by atoms with van der Waals surface area (Å²) < 4.78 is 62.8. The van der Waals surface area contributed by atoms with E-state index in [1.165, 1.54) is 0 Å². The van der Waals surface area contributed by atoms with Crippen molar-refractivity contribution < 1.29 is 27.1 Å². The number of hydrogen-bond acceptors (Lipinski definition) is 6. The van der Waals surface area contributed by atoms with E-state index < -0.39 is 36.6 Å². The van der Waals surface area contributed by atoms with Crippen LogP contribution in [0.5, 0.6) is 0 Å². The molecule has 4 aliphatic rings. The second kappa shape index (κ2) is 6.93. The van der Waals surface area contributed by atoms with Gasteiger partial charge in [0.2, 0.25) is 11.8 Å². The molecule has 3 atom stereocenters. The van der Waals surface area contributed by atoms with E-state index in [0.29, 0.717) is 25.9 Å². The second-order valence-electron chi connectivity index (χ2n) is 8.58. The first-order valence-electron chi connectivity index (χ1n) is 10.3. The molecule has 5 rings (SSSR count). The van der Waals surface area contributed by atoms with Gasteiger partial charge in [-0.15, -0.1) is 0 Å². The minimum atomic E-state index is -4.60. The molecule has 0 radical (unpaired) electrons. The van der Waals surface area contributed by atoms with Gasteiger partial charge >= 0.3 is 6.18 Å². The Hall–Kier alpha value is -2.17. The van der Waals surface area contributed by atoms with Crippen LogP contribution in [-0.2, 0) is 16.1 Å². The molecule has 1 aromatic heterocycles. The summed E-state index contributed by atoms with van der Waals surface area (Å²) in [5.41, 5.74) is -1.00. The summed E-state index contributed by atoms with van der Waals surface area (Å²) in [6.45, 7) is -0.133. The zero-order chi connectivity index (χ0) is 21.2. The number of carbonyl (C=O) groups is 1. The van der Waals surface area contributed by atoms with E-state index >= 15 is 0 Å². The van der Waals surface area contributed by atoms with E-state index in [1.807, 2.05) is 0 Å². The van der Waals surface area contributed by atoms with Crippen LogP contribution in [0.2, 0.25) is 0 Å². The van der Waals surface area contributed by atoms with Crippen LogP contribution in [0.25, 0.3) is 0 Å². The molecule has 2 saturated heterocycles. The van der Waals surface area contributed by atoms with E-state index in [4.69, 9.17) is 4.74 Å². The predicted molar refractivity (Wildman–Crippen MR) is 98.1 cm³/mol. The lowest BCUT2D eigenvalue weighted by molar-refractivity contribution is -0.153. The minimum Gasteiger partial charge on any atom is -0.371 e. The maximum atomic E-state index is 14.9. The largest absolute Gasteiger partial charge is 0.408 e. The van der Waals surface area contributed by atoms with Crippen molar-refractivity contribution in [1.29, 1.82) is 0 Å². The monoisotopic (exact) mass is 430 g/mol. The van der Waals surface area contributed by atoms with Crippen LogP contribution in [0.1, 0.15) is 32.1 Å². The second-order valence-corrected chi connectivity index (χ2v) is 8.58. The molecule has 0 aromatic carbocycles. The van der Waals surface area contributed by atoms with Gasteiger partial charge in [0, 0.05) is 25.6 Å². The van der Waals surface area contributed by atoms with Crippen LogP contribution in [0.3, 0.4) is 0 Å². The van der Waals surface area contributed by atoms with Gasteiger partial charge in [0.25, 0.3) is 5.56 Å². The van der Waals surface area contributed by atoms with E-state index in [0.717, 1.165) is 22.3 Å². The summed E-state index contributed by atoms with van der Waals surface area (Å²) >= 11 is 0. The lowest BCUT2D eigenvalue weighted by Gasteiger charge is -2.40. The minimum absolute atomic E-state index is 0.112. The number of carbonyl (C=O) groups excluding carboxylic acids is 1. The maximum Gasteiger partial charge on any atom is 0.408 e. The summed E-state index contributed by atoms with van der Waals surface area (Å²) in [5, 5.41) is 0. The molecular formula is C19H22F4N4O3. The number of nitrogens with zero attached hydrogens (tertiary/aromatic N) is 4. The Bertz CT molecular complexity index is 918. The molecule has 1 saturated carbocycles. The number of anilines is 2. The van der Waals surface area contributed by atoms with Gasteiger partial charge in [-0.25, -0.2) is 0 Å². The van der Waals surface area contributed by atoms with Crippen molar-refractivity contribution in [3.8, 4) is 0 Å². The standard InChI is InChI=1S/C19H22F4N4O3/c20-15-16(25-7-11-3-4-12(8-25)30-11)24-18-26(17(15)29)6-5-14(19(21,22)23)27(18)9-13(28)10-1-2-10/h10-12,14H,1-9H2/t11-,12?,14?/m0/s1. The number of ketones is 1. The van der Waals surface area contributed by atoms with Crippen molar-refractivity contribution in [2.24, 2.45) is 5.92 Å². The van der Waals surface area contributed by atoms with Crippen LogP contribution in [-0.4, -0.2) is 59.4 Å². The third-order valence-corrected chi connectivity index (χ3v) is 6.42. The Morgan fingerprint density at radius 3 is 2.37 bits per heavy atom. The number of hydrogen-bond donors (Lipinski definition) is 0. The highest BCUT2D eigenvalue weighted by Gasteiger charge is 2.49. The molecule has 30 heavy (non-hydrogen) atoms. The lowest BCUT2D eigenvalue weighted by Crippen LogP contribution is -2.55. The fourth-order valence-corrected chi connectivity index (χ4v) is 4.70. The molecule has 7 nitrogen and oxygen atoms in total. The number of rotatable bonds is 4. The van der Waals surface area contributed by atoms with E-state index in [-0.39, 0.29) is 42.2 Å². The molecular weight excluding hydrogens is 408 g/mol. The smallest absolute Gasteiger partial charge is 0.371 e. The highest BCUT2D eigenvalue weighted by atomic mass is 19.4. The van der Waals surface area contributed by atoms with Crippen molar-refractivity contribution in [2.45, 2.75) is 63.1 Å². The number of ether oxygens (including phenoxy) is 1. The SMILES string of the molecule is O=C(CN1c2nc(N3CC4CC[C@@H](C3)O4)c(F)c(=O)n2CCC1C(F)(F)F)C1CC1. The highest BCUT2D eigenvalue weighted by molar-refractivity contribution is 5.87.